The van der Waals surface area contributed by atoms with Crippen molar-refractivity contribution in [3.8, 4) is 0 Å². The molecule has 7 heteroatoms. The molecule has 1 fully saturated rings. The average molecular weight is 438 g/mol. The molecule has 1 amide bonds. The number of hydrogen-bond donors (Lipinski definition) is 1. The van der Waals surface area contributed by atoms with Gasteiger partial charge in [-0.3, -0.25) is 0 Å². The smallest absolute Gasteiger partial charge is 0.408 e. The van der Waals surface area contributed by atoms with Crippen LogP contribution in [0.1, 0.15) is 65.9 Å². The van der Waals surface area contributed by atoms with Crippen LogP contribution in [0.25, 0.3) is 0 Å². The molecule has 0 radical (unpaired) electrons. The zero-order valence-corrected chi connectivity index (χ0v) is 19.3. The van der Waals surface area contributed by atoms with E-state index >= 15 is 0 Å². The molecule has 31 heavy (non-hydrogen) atoms. The Morgan fingerprint density at radius 1 is 1.23 bits per heavy atom. The second-order valence-electron chi connectivity index (χ2n) is 9.18. The van der Waals surface area contributed by atoms with E-state index in [0.29, 0.717) is 25.9 Å². The Morgan fingerprint density at radius 3 is 2.52 bits per heavy atom. The van der Waals surface area contributed by atoms with Crippen molar-refractivity contribution in [1.82, 2.24) is 5.32 Å². The van der Waals surface area contributed by atoms with Crippen molar-refractivity contribution < 1.29 is 28.2 Å². The Kier molecular flexibility index (Phi) is 9.29. The summed E-state index contributed by atoms with van der Waals surface area (Å²) in [5.41, 5.74) is 0.307. The molecule has 1 aromatic carbocycles. The summed E-state index contributed by atoms with van der Waals surface area (Å²) in [6, 6.07) is 5.60. The summed E-state index contributed by atoms with van der Waals surface area (Å²) in [5, 5.41) is 2.65. The third-order valence-electron chi connectivity index (χ3n) is 5.26. The van der Waals surface area contributed by atoms with Gasteiger partial charge in [0.2, 0.25) is 0 Å². The second kappa shape index (κ2) is 11.5. The lowest BCUT2D eigenvalue weighted by Crippen LogP contribution is -2.45. The van der Waals surface area contributed by atoms with Crippen molar-refractivity contribution in [2.75, 3.05) is 6.61 Å². The number of halogens is 1. The van der Waals surface area contributed by atoms with Crippen molar-refractivity contribution in [1.29, 1.82) is 0 Å². The maximum Gasteiger partial charge on any atom is 0.408 e. The van der Waals surface area contributed by atoms with Crippen molar-refractivity contribution in [2.45, 2.75) is 90.6 Å². The fourth-order valence-electron chi connectivity index (χ4n) is 3.76. The number of rotatable bonds is 6. The third kappa shape index (κ3) is 8.48. The number of cyclic esters (lactones) is 1. The van der Waals surface area contributed by atoms with Gasteiger partial charge in [0.1, 0.15) is 23.6 Å². The van der Waals surface area contributed by atoms with E-state index in [2.05, 4.69) is 5.32 Å². The van der Waals surface area contributed by atoms with Crippen molar-refractivity contribution in [3.05, 3.63) is 35.6 Å². The molecule has 0 saturated carbocycles. The van der Waals surface area contributed by atoms with E-state index in [1.165, 1.54) is 12.1 Å². The minimum atomic E-state index is -0.770. The number of ether oxygens (including phenoxy) is 3. The van der Waals surface area contributed by atoms with Crippen LogP contribution in [0.3, 0.4) is 0 Å². The Morgan fingerprint density at radius 2 is 1.90 bits per heavy atom. The normalized spacial score (nSPS) is 25.0. The van der Waals surface area contributed by atoms with Gasteiger partial charge in [-0.05, 0) is 77.5 Å². The third-order valence-corrected chi connectivity index (χ3v) is 5.26. The van der Waals surface area contributed by atoms with Gasteiger partial charge in [-0.15, -0.1) is 0 Å². The van der Waals surface area contributed by atoms with E-state index in [0.717, 1.165) is 18.4 Å². The highest BCUT2D eigenvalue weighted by molar-refractivity contribution is 5.81. The highest BCUT2D eigenvalue weighted by Gasteiger charge is 2.35. The lowest BCUT2D eigenvalue weighted by Gasteiger charge is -2.31. The highest BCUT2D eigenvalue weighted by atomic mass is 19.1. The molecule has 0 aromatic heterocycles. The highest BCUT2D eigenvalue weighted by Crippen LogP contribution is 2.28. The van der Waals surface area contributed by atoms with Crippen LogP contribution in [0.15, 0.2) is 24.3 Å². The number of carbonyl (C=O) groups excluding carboxylic acids is 2. The van der Waals surface area contributed by atoms with Crippen molar-refractivity contribution >= 4 is 12.1 Å². The molecule has 0 bridgehead atoms. The van der Waals surface area contributed by atoms with Crippen molar-refractivity contribution in [3.63, 3.8) is 0 Å². The Bertz CT molecular complexity index is 716. The summed E-state index contributed by atoms with van der Waals surface area (Å²) in [5.74, 6) is -0.840. The van der Waals surface area contributed by atoms with Crippen LogP contribution >= 0.6 is 0 Å². The Balaban J connectivity index is 2.15. The van der Waals surface area contributed by atoms with Crippen LogP contribution < -0.4 is 5.32 Å². The molecule has 174 valence electrons. The number of alkyl carbamates (subject to hydrolysis) is 1. The summed E-state index contributed by atoms with van der Waals surface area (Å²) in [7, 11) is 0. The van der Waals surface area contributed by atoms with Crippen LogP contribution in [0.2, 0.25) is 0 Å². The van der Waals surface area contributed by atoms with Crippen LogP contribution in [0.4, 0.5) is 9.18 Å². The van der Waals surface area contributed by atoms with E-state index in [-0.39, 0.29) is 17.8 Å². The van der Waals surface area contributed by atoms with Gasteiger partial charge >= 0.3 is 12.1 Å². The monoisotopic (exact) mass is 437 g/mol. The predicted molar refractivity (Wildman–Crippen MR) is 116 cm³/mol. The molecule has 1 aromatic rings. The first-order chi connectivity index (χ1) is 14.6. The van der Waals surface area contributed by atoms with Gasteiger partial charge in [-0.1, -0.05) is 19.1 Å². The van der Waals surface area contributed by atoms with E-state index < -0.39 is 29.8 Å². The second-order valence-corrected chi connectivity index (χ2v) is 9.18. The van der Waals surface area contributed by atoms with Crippen LogP contribution in [-0.4, -0.2) is 42.5 Å². The molecule has 2 rings (SSSR count). The summed E-state index contributed by atoms with van der Waals surface area (Å²) in [4.78, 5) is 25.0. The molecule has 1 N–H and O–H groups in total. The average Bonchev–Trinajstić information content (AvgIpc) is 2.72. The number of hydrogen-bond acceptors (Lipinski definition) is 5. The molecule has 1 aliphatic heterocycles. The molecule has 1 saturated heterocycles. The van der Waals surface area contributed by atoms with Crippen LogP contribution in [-0.2, 0) is 25.4 Å². The van der Waals surface area contributed by atoms with Gasteiger partial charge in [0.15, 0.2) is 0 Å². The molecule has 0 aliphatic carbocycles. The minimum Gasteiger partial charge on any atom is -0.461 e. The number of nitrogens with one attached hydrogen (secondary N) is 1. The first kappa shape index (κ1) is 25.1. The van der Waals surface area contributed by atoms with Gasteiger partial charge < -0.3 is 19.5 Å². The van der Waals surface area contributed by atoms with Gasteiger partial charge in [-0.25, -0.2) is 14.0 Å². The van der Waals surface area contributed by atoms with E-state index in [4.69, 9.17) is 14.2 Å². The minimum absolute atomic E-state index is 0.0822. The number of esters is 1. The maximum absolute atomic E-state index is 13.3. The number of benzene rings is 1. The van der Waals surface area contributed by atoms with Gasteiger partial charge in [0, 0.05) is 12.5 Å². The zero-order valence-electron chi connectivity index (χ0n) is 19.3. The summed E-state index contributed by atoms with van der Waals surface area (Å²) < 4.78 is 30.5. The molecule has 4 atom stereocenters. The Labute approximate surface area is 184 Å². The quantitative estimate of drug-likeness (QED) is 0.648. The molecule has 0 spiro atoms. The van der Waals surface area contributed by atoms with Crippen LogP contribution in [0.5, 0.6) is 0 Å². The zero-order chi connectivity index (χ0) is 23.0. The lowest BCUT2D eigenvalue weighted by molar-refractivity contribution is -0.155. The predicted octanol–water partition coefficient (Wildman–Crippen LogP) is 4.79. The molecular weight excluding hydrogens is 401 g/mol. The molecule has 1 heterocycles. The molecule has 1 aliphatic rings. The van der Waals surface area contributed by atoms with Gasteiger partial charge in [-0.2, -0.15) is 0 Å². The first-order valence-corrected chi connectivity index (χ1v) is 11.1. The van der Waals surface area contributed by atoms with Gasteiger partial charge in [0.05, 0.1) is 6.10 Å². The molecule has 6 nitrogen and oxygen atoms in total. The van der Waals surface area contributed by atoms with Gasteiger partial charge in [0.25, 0.3) is 0 Å². The first-order valence-electron chi connectivity index (χ1n) is 11.1. The standard InChI is InChI=1S/C24H36FNO5/c1-6-14-29-21-9-7-8-20(26-23(28)31-24(3,4)5)22(27)30-16(2)19(21)15-17-10-12-18(25)13-11-17/h10-13,16,19-21H,6-9,14-15H2,1-5H3,(H,26,28). The van der Waals surface area contributed by atoms with E-state index in [1.807, 2.05) is 13.8 Å². The SMILES string of the molecule is CCCOC1CCCC(NC(=O)OC(C)(C)C)C(=O)OC(C)C1Cc1ccc(F)cc1. The fourth-order valence-corrected chi connectivity index (χ4v) is 3.76. The fraction of sp³-hybridized carbons (Fsp3) is 0.667. The topological polar surface area (TPSA) is 73.9 Å². The Hall–Kier alpha value is -2.15. The molecular formula is C24H36FNO5. The summed E-state index contributed by atoms with van der Waals surface area (Å²) >= 11 is 0. The largest absolute Gasteiger partial charge is 0.461 e. The van der Waals surface area contributed by atoms with E-state index in [1.54, 1.807) is 32.9 Å². The summed E-state index contributed by atoms with van der Waals surface area (Å²) in [6.07, 6.45) is 2.19. The van der Waals surface area contributed by atoms with Crippen LogP contribution in [0, 0.1) is 11.7 Å². The van der Waals surface area contributed by atoms with Crippen molar-refractivity contribution in [2.24, 2.45) is 5.92 Å². The lowest BCUT2D eigenvalue weighted by atomic mass is 9.87. The maximum atomic E-state index is 13.3. The number of amides is 1. The van der Waals surface area contributed by atoms with E-state index in [9.17, 15) is 14.0 Å². The summed E-state index contributed by atoms with van der Waals surface area (Å²) in [6.45, 7) is 9.83. The number of carbonyl (C=O) groups is 2. The molecule has 4 unspecified atom stereocenters.